The molecular weight excluding hydrogens is 182 g/mol. The van der Waals surface area contributed by atoms with Crippen LogP contribution in [-0.4, -0.2) is 5.54 Å². The van der Waals surface area contributed by atoms with E-state index < -0.39 is 0 Å². The molecular formula is C14H29N. The van der Waals surface area contributed by atoms with Gasteiger partial charge in [0.1, 0.15) is 0 Å². The maximum atomic E-state index is 6.65. The van der Waals surface area contributed by atoms with Crippen LogP contribution in [0.2, 0.25) is 0 Å². The fourth-order valence-electron chi connectivity index (χ4n) is 3.43. The molecule has 90 valence electrons. The zero-order valence-corrected chi connectivity index (χ0v) is 11.1. The summed E-state index contributed by atoms with van der Waals surface area (Å²) in [5.41, 5.74) is 6.80. The Bertz CT molecular complexity index is 184. The predicted octanol–water partition coefficient (Wildman–Crippen LogP) is 3.97. The smallest absolute Gasteiger partial charge is 0.0185 e. The standard InChI is InChI=1S/C14H29N/c1-5-13(6-2)14(15)9-7-8-12(10-14)11(3)4/h11-13H,5-10,15H2,1-4H3. The zero-order chi connectivity index (χ0) is 11.5. The van der Waals surface area contributed by atoms with Crippen LogP contribution in [0.4, 0.5) is 0 Å². The largest absolute Gasteiger partial charge is 0.325 e. The number of rotatable bonds is 4. The van der Waals surface area contributed by atoms with Gasteiger partial charge in [-0.1, -0.05) is 53.4 Å². The highest BCUT2D eigenvalue weighted by molar-refractivity contribution is 4.95. The maximum Gasteiger partial charge on any atom is 0.0185 e. The molecule has 1 nitrogen and oxygen atoms in total. The SMILES string of the molecule is CCC(CC)C1(N)CCCC(C(C)C)C1. The minimum Gasteiger partial charge on any atom is -0.325 e. The first-order chi connectivity index (χ1) is 7.03. The van der Waals surface area contributed by atoms with Crippen LogP contribution in [0, 0.1) is 17.8 Å². The van der Waals surface area contributed by atoms with Crippen LogP contribution in [0.5, 0.6) is 0 Å². The van der Waals surface area contributed by atoms with Crippen LogP contribution in [0.3, 0.4) is 0 Å². The van der Waals surface area contributed by atoms with E-state index in [1.165, 1.54) is 38.5 Å². The van der Waals surface area contributed by atoms with E-state index in [0.717, 1.165) is 17.8 Å². The normalized spacial score (nSPS) is 32.6. The van der Waals surface area contributed by atoms with Gasteiger partial charge in [-0.05, 0) is 30.6 Å². The molecule has 2 unspecified atom stereocenters. The second-order valence-corrected chi connectivity index (χ2v) is 5.85. The molecule has 0 heterocycles. The Balaban J connectivity index is 2.66. The lowest BCUT2D eigenvalue weighted by Gasteiger charge is -2.44. The van der Waals surface area contributed by atoms with Gasteiger partial charge in [0.2, 0.25) is 0 Å². The van der Waals surface area contributed by atoms with E-state index in [-0.39, 0.29) is 5.54 Å². The van der Waals surface area contributed by atoms with Crippen molar-refractivity contribution in [2.75, 3.05) is 0 Å². The first kappa shape index (κ1) is 13.0. The van der Waals surface area contributed by atoms with Gasteiger partial charge in [-0.2, -0.15) is 0 Å². The predicted molar refractivity (Wildman–Crippen MR) is 67.8 cm³/mol. The van der Waals surface area contributed by atoms with Gasteiger partial charge in [0.15, 0.2) is 0 Å². The maximum absolute atomic E-state index is 6.65. The topological polar surface area (TPSA) is 26.0 Å². The Kier molecular flexibility index (Phi) is 4.64. The van der Waals surface area contributed by atoms with Crippen molar-refractivity contribution in [1.82, 2.24) is 0 Å². The second-order valence-electron chi connectivity index (χ2n) is 5.85. The van der Waals surface area contributed by atoms with Crippen molar-refractivity contribution in [2.24, 2.45) is 23.5 Å². The molecule has 0 aromatic carbocycles. The third-order valence-corrected chi connectivity index (χ3v) is 4.60. The lowest BCUT2D eigenvalue weighted by molar-refractivity contribution is 0.121. The van der Waals surface area contributed by atoms with Gasteiger partial charge in [0.05, 0.1) is 0 Å². The Morgan fingerprint density at radius 3 is 2.33 bits per heavy atom. The van der Waals surface area contributed by atoms with E-state index in [1.807, 2.05) is 0 Å². The molecule has 0 amide bonds. The van der Waals surface area contributed by atoms with Crippen LogP contribution in [-0.2, 0) is 0 Å². The summed E-state index contributed by atoms with van der Waals surface area (Å²) in [6, 6.07) is 0. The van der Waals surface area contributed by atoms with Gasteiger partial charge < -0.3 is 5.73 Å². The minimum absolute atomic E-state index is 0.149. The Labute approximate surface area is 95.8 Å². The first-order valence-corrected chi connectivity index (χ1v) is 6.82. The van der Waals surface area contributed by atoms with E-state index in [1.54, 1.807) is 0 Å². The van der Waals surface area contributed by atoms with Crippen LogP contribution in [0.25, 0.3) is 0 Å². The van der Waals surface area contributed by atoms with Crippen molar-refractivity contribution in [2.45, 2.75) is 71.8 Å². The molecule has 15 heavy (non-hydrogen) atoms. The molecule has 0 saturated heterocycles. The molecule has 1 fully saturated rings. The van der Waals surface area contributed by atoms with E-state index >= 15 is 0 Å². The molecule has 1 saturated carbocycles. The van der Waals surface area contributed by atoms with Crippen LogP contribution < -0.4 is 5.73 Å². The molecule has 1 rings (SSSR count). The first-order valence-electron chi connectivity index (χ1n) is 6.82. The Hall–Kier alpha value is -0.0400. The zero-order valence-electron chi connectivity index (χ0n) is 11.1. The third-order valence-electron chi connectivity index (χ3n) is 4.60. The summed E-state index contributed by atoms with van der Waals surface area (Å²) in [5.74, 6) is 2.41. The highest BCUT2D eigenvalue weighted by Gasteiger charge is 2.38. The third kappa shape index (κ3) is 2.96. The van der Waals surface area contributed by atoms with Gasteiger partial charge in [-0.25, -0.2) is 0 Å². The summed E-state index contributed by atoms with van der Waals surface area (Å²) < 4.78 is 0. The Morgan fingerprint density at radius 2 is 1.87 bits per heavy atom. The summed E-state index contributed by atoms with van der Waals surface area (Å²) in [6.07, 6.45) is 7.75. The van der Waals surface area contributed by atoms with Crippen molar-refractivity contribution >= 4 is 0 Å². The summed E-state index contributed by atoms with van der Waals surface area (Å²) in [5, 5.41) is 0. The molecule has 1 aliphatic rings. The second kappa shape index (κ2) is 5.34. The van der Waals surface area contributed by atoms with Gasteiger partial charge >= 0.3 is 0 Å². The Morgan fingerprint density at radius 1 is 1.27 bits per heavy atom. The highest BCUT2D eigenvalue weighted by Crippen LogP contribution is 2.40. The van der Waals surface area contributed by atoms with Crippen molar-refractivity contribution in [3.05, 3.63) is 0 Å². The average Bonchev–Trinajstić information content (AvgIpc) is 2.19. The van der Waals surface area contributed by atoms with Gasteiger partial charge in [0.25, 0.3) is 0 Å². The summed E-state index contributed by atoms with van der Waals surface area (Å²) >= 11 is 0. The summed E-state index contributed by atoms with van der Waals surface area (Å²) in [4.78, 5) is 0. The van der Waals surface area contributed by atoms with E-state index in [9.17, 15) is 0 Å². The lowest BCUT2D eigenvalue weighted by atomic mass is 9.65. The molecule has 0 aromatic rings. The van der Waals surface area contributed by atoms with Gasteiger partial charge in [0, 0.05) is 5.54 Å². The van der Waals surface area contributed by atoms with Gasteiger partial charge in [-0.15, -0.1) is 0 Å². The number of hydrogen-bond donors (Lipinski definition) is 1. The monoisotopic (exact) mass is 211 g/mol. The molecule has 1 heteroatoms. The molecule has 0 aromatic heterocycles. The van der Waals surface area contributed by atoms with Crippen molar-refractivity contribution in [3.63, 3.8) is 0 Å². The molecule has 2 N–H and O–H groups in total. The summed E-state index contributed by atoms with van der Waals surface area (Å²) in [6.45, 7) is 9.29. The molecule has 0 radical (unpaired) electrons. The fraction of sp³-hybridized carbons (Fsp3) is 1.00. The van der Waals surface area contributed by atoms with Crippen LogP contribution in [0.15, 0.2) is 0 Å². The average molecular weight is 211 g/mol. The quantitative estimate of drug-likeness (QED) is 0.748. The molecule has 0 bridgehead atoms. The van der Waals surface area contributed by atoms with Crippen molar-refractivity contribution < 1.29 is 0 Å². The summed E-state index contributed by atoms with van der Waals surface area (Å²) in [7, 11) is 0. The van der Waals surface area contributed by atoms with E-state index in [0.29, 0.717) is 0 Å². The lowest BCUT2D eigenvalue weighted by Crippen LogP contribution is -2.51. The van der Waals surface area contributed by atoms with E-state index in [4.69, 9.17) is 5.73 Å². The van der Waals surface area contributed by atoms with Crippen LogP contribution in [0.1, 0.15) is 66.2 Å². The molecule has 1 aliphatic carbocycles. The number of nitrogens with two attached hydrogens (primary N) is 1. The molecule has 0 aliphatic heterocycles. The molecule has 2 atom stereocenters. The fourth-order valence-corrected chi connectivity index (χ4v) is 3.43. The minimum atomic E-state index is 0.149. The van der Waals surface area contributed by atoms with Gasteiger partial charge in [-0.3, -0.25) is 0 Å². The van der Waals surface area contributed by atoms with Crippen molar-refractivity contribution in [1.29, 1.82) is 0 Å². The highest BCUT2D eigenvalue weighted by atomic mass is 14.8. The van der Waals surface area contributed by atoms with Crippen molar-refractivity contribution in [3.8, 4) is 0 Å². The van der Waals surface area contributed by atoms with E-state index in [2.05, 4.69) is 27.7 Å². The number of hydrogen-bond acceptors (Lipinski definition) is 1. The van der Waals surface area contributed by atoms with Crippen LogP contribution >= 0.6 is 0 Å². The molecule has 0 spiro atoms.